The van der Waals surface area contributed by atoms with Crippen molar-refractivity contribution in [3.63, 3.8) is 0 Å². The van der Waals surface area contributed by atoms with Gasteiger partial charge in [-0.05, 0) is 25.8 Å². The zero-order valence-corrected chi connectivity index (χ0v) is 9.03. The molecule has 0 bridgehead atoms. The number of hydrogen-bond acceptors (Lipinski definition) is 4. The number of nitrogens with zero attached hydrogens (tertiary/aromatic N) is 1. The fraction of sp³-hybridized carbons (Fsp3) is 0.900. The molecule has 0 spiro atoms. The molecule has 1 saturated carbocycles. The minimum absolute atomic E-state index is 0.150. The summed E-state index contributed by atoms with van der Waals surface area (Å²) < 4.78 is 4.59. The van der Waals surface area contributed by atoms with Crippen molar-refractivity contribution < 1.29 is 9.53 Å². The van der Waals surface area contributed by atoms with Crippen molar-refractivity contribution in [2.75, 3.05) is 27.2 Å². The molecular formula is C10H20N2O2. The zero-order valence-electron chi connectivity index (χ0n) is 9.03. The first-order valence-electron chi connectivity index (χ1n) is 5.16. The van der Waals surface area contributed by atoms with E-state index in [1.54, 1.807) is 0 Å². The molecule has 0 heterocycles. The van der Waals surface area contributed by atoms with Crippen molar-refractivity contribution in [3.8, 4) is 0 Å². The number of methoxy groups -OCH3 is 1. The molecule has 0 aromatic rings. The molecule has 0 saturated heterocycles. The van der Waals surface area contributed by atoms with Gasteiger partial charge in [-0.25, -0.2) is 0 Å². The SMILES string of the molecule is COC(=O)CCN(C)C(CN)C1CC1. The second-order valence-electron chi connectivity index (χ2n) is 3.95. The van der Waals surface area contributed by atoms with Crippen molar-refractivity contribution in [1.82, 2.24) is 4.90 Å². The highest BCUT2D eigenvalue weighted by molar-refractivity contribution is 5.69. The topological polar surface area (TPSA) is 55.6 Å². The Hall–Kier alpha value is -0.610. The molecule has 0 aromatic carbocycles. The Morgan fingerprint density at radius 3 is 2.71 bits per heavy atom. The van der Waals surface area contributed by atoms with Gasteiger partial charge in [0.25, 0.3) is 0 Å². The highest BCUT2D eigenvalue weighted by atomic mass is 16.5. The van der Waals surface area contributed by atoms with Gasteiger partial charge in [0.2, 0.25) is 0 Å². The second-order valence-corrected chi connectivity index (χ2v) is 3.95. The van der Waals surface area contributed by atoms with E-state index >= 15 is 0 Å². The molecule has 82 valence electrons. The lowest BCUT2D eigenvalue weighted by molar-refractivity contribution is -0.141. The fourth-order valence-electron chi connectivity index (χ4n) is 1.75. The number of ether oxygens (including phenoxy) is 1. The summed E-state index contributed by atoms with van der Waals surface area (Å²) in [6, 6.07) is 0.444. The van der Waals surface area contributed by atoms with E-state index in [9.17, 15) is 4.79 Å². The lowest BCUT2D eigenvalue weighted by atomic mass is 10.1. The minimum Gasteiger partial charge on any atom is -0.469 e. The van der Waals surface area contributed by atoms with Gasteiger partial charge in [0, 0.05) is 19.1 Å². The average molecular weight is 200 g/mol. The van der Waals surface area contributed by atoms with Crippen molar-refractivity contribution in [2.45, 2.75) is 25.3 Å². The smallest absolute Gasteiger partial charge is 0.306 e. The molecule has 0 radical (unpaired) electrons. The van der Waals surface area contributed by atoms with E-state index in [0.29, 0.717) is 19.0 Å². The van der Waals surface area contributed by atoms with Crippen LogP contribution >= 0.6 is 0 Å². The van der Waals surface area contributed by atoms with Crippen LogP contribution in [0.5, 0.6) is 0 Å². The molecule has 1 aliphatic rings. The molecule has 0 aromatic heterocycles. The van der Waals surface area contributed by atoms with Gasteiger partial charge in [-0.2, -0.15) is 0 Å². The third-order valence-corrected chi connectivity index (χ3v) is 2.87. The Morgan fingerprint density at radius 2 is 2.29 bits per heavy atom. The lowest BCUT2D eigenvalue weighted by Crippen LogP contribution is -2.40. The lowest BCUT2D eigenvalue weighted by Gasteiger charge is -2.26. The summed E-state index contributed by atoms with van der Waals surface area (Å²) >= 11 is 0. The van der Waals surface area contributed by atoms with Crippen LogP contribution in [-0.2, 0) is 9.53 Å². The van der Waals surface area contributed by atoms with Gasteiger partial charge >= 0.3 is 5.97 Å². The van der Waals surface area contributed by atoms with E-state index in [4.69, 9.17) is 5.73 Å². The molecule has 1 aliphatic carbocycles. The first-order chi connectivity index (χ1) is 6.69. The van der Waals surface area contributed by atoms with E-state index in [-0.39, 0.29) is 5.97 Å². The van der Waals surface area contributed by atoms with Gasteiger partial charge in [-0.3, -0.25) is 4.79 Å². The zero-order chi connectivity index (χ0) is 10.6. The number of likely N-dealkylation sites (N-methyl/N-ethyl adjacent to an activating group) is 1. The average Bonchev–Trinajstić information content (AvgIpc) is 2.99. The van der Waals surface area contributed by atoms with Gasteiger partial charge in [0.15, 0.2) is 0 Å². The van der Waals surface area contributed by atoms with Gasteiger partial charge in [-0.1, -0.05) is 0 Å². The van der Waals surface area contributed by atoms with E-state index in [1.807, 2.05) is 7.05 Å². The summed E-state index contributed by atoms with van der Waals surface area (Å²) in [6.45, 7) is 1.42. The minimum atomic E-state index is -0.150. The fourth-order valence-corrected chi connectivity index (χ4v) is 1.75. The number of carbonyl (C=O) groups excluding carboxylic acids is 1. The maximum Gasteiger partial charge on any atom is 0.306 e. The van der Waals surface area contributed by atoms with Crippen LogP contribution in [0, 0.1) is 5.92 Å². The quantitative estimate of drug-likeness (QED) is 0.623. The predicted molar refractivity (Wildman–Crippen MR) is 54.8 cm³/mol. The molecule has 0 amide bonds. The standard InChI is InChI=1S/C10H20N2O2/c1-12(6-5-10(13)14-2)9(7-11)8-3-4-8/h8-9H,3-7,11H2,1-2H3. The number of rotatable bonds is 6. The summed E-state index contributed by atoms with van der Waals surface area (Å²) in [5.74, 6) is 0.603. The molecule has 0 aliphatic heterocycles. The summed E-state index contributed by atoms with van der Waals surface area (Å²) in [4.78, 5) is 13.1. The van der Waals surface area contributed by atoms with Crippen LogP contribution in [0.15, 0.2) is 0 Å². The number of carbonyl (C=O) groups is 1. The van der Waals surface area contributed by atoms with Gasteiger partial charge in [0.1, 0.15) is 0 Å². The molecule has 1 fully saturated rings. The van der Waals surface area contributed by atoms with Crippen LogP contribution in [0.4, 0.5) is 0 Å². The Kier molecular flexibility index (Phi) is 4.35. The largest absolute Gasteiger partial charge is 0.469 e. The van der Waals surface area contributed by atoms with Crippen molar-refractivity contribution in [2.24, 2.45) is 11.7 Å². The molecule has 2 N–H and O–H groups in total. The Morgan fingerprint density at radius 1 is 1.64 bits per heavy atom. The predicted octanol–water partition coefficient (Wildman–Crippen LogP) is 0.219. The number of nitrogens with two attached hydrogens (primary N) is 1. The van der Waals surface area contributed by atoms with E-state index < -0.39 is 0 Å². The third-order valence-electron chi connectivity index (χ3n) is 2.87. The Balaban J connectivity index is 2.24. The second kappa shape index (κ2) is 5.32. The van der Waals surface area contributed by atoms with Gasteiger partial charge in [0.05, 0.1) is 13.5 Å². The summed E-state index contributed by atoms with van der Waals surface area (Å²) in [7, 11) is 3.45. The Bertz CT molecular complexity index is 193. The van der Waals surface area contributed by atoms with Crippen LogP contribution in [0.3, 0.4) is 0 Å². The van der Waals surface area contributed by atoms with Crippen LogP contribution in [0.2, 0.25) is 0 Å². The normalized spacial score (nSPS) is 18.3. The summed E-state index contributed by atoms with van der Waals surface area (Å²) in [6.07, 6.45) is 3.02. The highest BCUT2D eigenvalue weighted by Gasteiger charge is 2.32. The van der Waals surface area contributed by atoms with Crippen molar-refractivity contribution in [1.29, 1.82) is 0 Å². The third kappa shape index (κ3) is 3.27. The first kappa shape index (κ1) is 11.5. The first-order valence-corrected chi connectivity index (χ1v) is 5.16. The Labute approximate surface area is 85.4 Å². The van der Waals surface area contributed by atoms with E-state index in [2.05, 4.69) is 9.64 Å². The van der Waals surface area contributed by atoms with Crippen LogP contribution in [-0.4, -0.2) is 44.2 Å². The van der Waals surface area contributed by atoms with Crippen LogP contribution < -0.4 is 5.73 Å². The molecule has 1 unspecified atom stereocenters. The molecule has 1 atom stereocenters. The maximum atomic E-state index is 10.9. The number of hydrogen-bond donors (Lipinski definition) is 1. The molecule has 4 nitrogen and oxygen atoms in total. The van der Waals surface area contributed by atoms with Crippen LogP contribution in [0.1, 0.15) is 19.3 Å². The van der Waals surface area contributed by atoms with Crippen molar-refractivity contribution in [3.05, 3.63) is 0 Å². The monoisotopic (exact) mass is 200 g/mol. The van der Waals surface area contributed by atoms with Gasteiger partial charge < -0.3 is 15.4 Å². The molecular weight excluding hydrogens is 180 g/mol. The van der Waals surface area contributed by atoms with Crippen molar-refractivity contribution >= 4 is 5.97 Å². The van der Waals surface area contributed by atoms with Gasteiger partial charge in [-0.15, -0.1) is 0 Å². The van der Waals surface area contributed by atoms with E-state index in [0.717, 1.165) is 12.5 Å². The molecule has 4 heteroatoms. The number of esters is 1. The van der Waals surface area contributed by atoms with Crippen LogP contribution in [0.25, 0.3) is 0 Å². The molecule has 1 rings (SSSR count). The highest BCUT2D eigenvalue weighted by Crippen LogP contribution is 2.34. The maximum absolute atomic E-state index is 10.9. The van der Waals surface area contributed by atoms with E-state index in [1.165, 1.54) is 20.0 Å². The molecule has 14 heavy (non-hydrogen) atoms. The summed E-state index contributed by atoms with van der Waals surface area (Å²) in [5, 5.41) is 0. The summed E-state index contributed by atoms with van der Waals surface area (Å²) in [5.41, 5.74) is 5.70.